The Hall–Kier alpha value is -2.31. The lowest BCUT2D eigenvalue weighted by Gasteiger charge is -2.52. The quantitative estimate of drug-likeness (QED) is 0.618. The first-order chi connectivity index (χ1) is 12.4. The van der Waals surface area contributed by atoms with Gasteiger partial charge in [-0.25, -0.2) is 4.79 Å². The molecule has 26 heavy (non-hydrogen) atoms. The molecular weight excluding hydrogens is 372 g/mol. The van der Waals surface area contributed by atoms with E-state index < -0.39 is 5.72 Å². The minimum absolute atomic E-state index is 0.0422. The van der Waals surface area contributed by atoms with E-state index in [1.807, 2.05) is 42.2 Å². The molecule has 4 rings (SSSR count). The van der Waals surface area contributed by atoms with Gasteiger partial charge in [-0.05, 0) is 49.5 Å². The summed E-state index contributed by atoms with van der Waals surface area (Å²) in [5, 5.41) is 4.53. The highest BCUT2D eigenvalue weighted by Gasteiger charge is 2.48. The highest BCUT2D eigenvalue weighted by Crippen LogP contribution is 2.48. The Bertz CT molecular complexity index is 902. The van der Waals surface area contributed by atoms with Crippen molar-refractivity contribution in [3.05, 3.63) is 58.6 Å². The molecule has 0 aromatic heterocycles. The smallest absolute Gasteiger partial charge is 0.337 e. The number of thiocarbonyl (C=S) groups is 1. The second-order valence-corrected chi connectivity index (χ2v) is 7.31. The van der Waals surface area contributed by atoms with Crippen molar-refractivity contribution in [2.24, 2.45) is 0 Å². The fourth-order valence-electron chi connectivity index (χ4n) is 3.61. The highest BCUT2D eigenvalue weighted by molar-refractivity contribution is 7.80. The zero-order chi connectivity index (χ0) is 18.5. The zero-order valence-corrected chi connectivity index (χ0v) is 15.9. The van der Waals surface area contributed by atoms with Gasteiger partial charge in [0.15, 0.2) is 10.8 Å². The van der Waals surface area contributed by atoms with E-state index in [0.717, 1.165) is 11.3 Å². The molecule has 2 aromatic rings. The molecule has 2 aliphatic heterocycles. The molecule has 1 N–H and O–H groups in total. The number of hydrogen-bond donors (Lipinski definition) is 1. The average Bonchev–Trinajstić information content (AvgIpc) is 2.62. The molecule has 134 valence electrons. The number of esters is 1. The standard InChI is InChI=1S/C19H17ClN2O3S/c1-19-10-15(13-4-3-5-14(20)16(13)25-19)21-18(26)22(19)12-8-6-11(7-9-12)17(23)24-2/h3-9,15H,10H2,1-2H3,(H,21,26)/t15-,19+/m0/s1. The van der Waals surface area contributed by atoms with E-state index in [1.165, 1.54) is 7.11 Å². The molecule has 1 fully saturated rings. The van der Waals surface area contributed by atoms with Crippen molar-refractivity contribution in [3.63, 3.8) is 0 Å². The minimum atomic E-state index is -0.683. The maximum absolute atomic E-state index is 11.7. The van der Waals surface area contributed by atoms with Gasteiger partial charge >= 0.3 is 5.97 Å². The van der Waals surface area contributed by atoms with Crippen LogP contribution in [0.3, 0.4) is 0 Å². The topological polar surface area (TPSA) is 50.8 Å². The molecule has 2 aliphatic rings. The number of nitrogens with one attached hydrogen (secondary N) is 1. The Balaban J connectivity index is 1.74. The van der Waals surface area contributed by atoms with Gasteiger partial charge in [0.25, 0.3) is 0 Å². The van der Waals surface area contributed by atoms with Crippen molar-refractivity contribution in [3.8, 4) is 5.75 Å². The summed E-state index contributed by atoms with van der Waals surface area (Å²) in [7, 11) is 1.36. The number of para-hydroxylation sites is 1. The predicted octanol–water partition coefficient (Wildman–Crippen LogP) is 4.06. The molecule has 0 radical (unpaired) electrons. The summed E-state index contributed by atoms with van der Waals surface area (Å²) in [5.41, 5.74) is 1.63. The minimum Gasteiger partial charge on any atom is -0.466 e. The number of rotatable bonds is 2. The first kappa shape index (κ1) is 17.1. The molecule has 7 heteroatoms. The Morgan fingerprint density at radius 2 is 2.08 bits per heavy atom. The number of hydrogen-bond acceptors (Lipinski definition) is 4. The number of nitrogens with zero attached hydrogens (tertiary/aromatic N) is 1. The van der Waals surface area contributed by atoms with Crippen LogP contribution in [0, 0.1) is 0 Å². The normalized spacial score (nSPS) is 23.6. The molecule has 2 heterocycles. The van der Waals surface area contributed by atoms with Gasteiger partial charge in [0.1, 0.15) is 5.75 Å². The summed E-state index contributed by atoms with van der Waals surface area (Å²) in [6, 6.07) is 12.9. The zero-order valence-electron chi connectivity index (χ0n) is 14.3. The van der Waals surface area contributed by atoms with Crippen molar-refractivity contribution in [1.82, 2.24) is 5.32 Å². The maximum Gasteiger partial charge on any atom is 0.337 e. The monoisotopic (exact) mass is 388 g/mol. The maximum atomic E-state index is 11.7. The molecule has 2 bridgehead atoms. The van der Waals surface area contributed by atoms with Crippen molar-refractivity contribution < 1.29 is 14.3 Å². The third-order valence-corrected chi connectivity index (χ3v) is 5.40. The predicted molar refractivity (Wildman–Crippen MR) is 104 cm³/mol. The van der Waals surface area contributed by atoms with Crippen molar-refractivity contribution in [2.75, 3.05) is 12.0 Å². The summed E-state index contributed by atoms with van der Waals surface area (Å²) in [6.45, 7) is 1.99. The Morgan fingerprint density at radius 3 is 2.77 bits per heavy atom. The van der Waals surface area contributed by atoms with Crippen LogP contribution in [0.25, 0.3) is 0 Å². The number of fused-ring (bicyclic) bond motifs is 4. The average molecular weight is 389 g/mol. The van der Waals surface area contributed by atoms with Crippen LogP contribution < -0.4 is 15.0 Å². The molecule has 0 amide bonds. The Labute approximate surface area is 161 Å². The summed E-state index contributed by atoms with van der Waals surface area (Å²) in [6.07, 6.45) is 0.708. The van der Waals surface area contributed by atoms with Gasteiger partial charge in [0.2, 0.25) is 0 Å². The number of anilines is 1. The number of ether oxygens (including phenoxy) is 2. The molecule has 0 spiro atoms. The lowest BCUT2D eigenvalue weighted by Crippen LogP contribution is -2.65. The molecular formula is C19H17ClN2O3S. The lowest BCUT2D eigenvalue weighted by atomic mass is 9.90. The highest BCUT2D eigenvalue weighted by atomic mass is 35.5. The van der Waals surface area contributed by atoms with Gasteiger partial charge in [-0.2, -0.15) is 0 Å². The van der Waals surface area contributed by atoms with Gasteiger partial charge in [-0.1, -0.05) is 23.7 Å². The van der Waals surface area contributed by atoms with Gasteiger partial charge in [0, 0.05) is 17.7 Å². The summed E-state index contributed by atoms with van der Waals surface area (Å²) >= 11 is 12.0. The Morgan fingerprint density at radius 1 is 1.35 bits per heavy atom. The van der Waals surface area contributed by atoms with Crippen LogP contribution in [0.1, 0.15) is 35.3 Å². The van der Waals surface area contributed by atoms with Crippen LogP contribution in [0.2, 0.25) is 5.02 Å². The number of halogens is 1. The SMILES string of the molecule is COC(=O)c1ccc(N2C(=S)N[C@H]3C[C@@]2(C)Oc2c(Cl)cccc23)cc1. The largest absolute Gasteiger partial charge is 0.466 e. The summed E-state index contributed by atoms with van der Waals surface area (Å²) in [5.74, 6) is 0.302. The van der Waals surface area contributed by atoms with E-state index in [1.54, 1.807) is 12.1 Å². The van der Waals surface area contributed by atoms with Crippen molar-refractivity contribution >= 4 is 40.6 Å². The van der Waals surface area contributed by atoms with E-state index in [-0.39, 0.29) is 12.0 Å². The lowest BCUT2D eigenvalue weighted by molar-refractivity contribution is 0.0499. The number of carbonyl (C=O) groups is 1. The number of benzene rings is 2. The molecule has 2 aromatic carbocycles. The van der Waals surface area contributed by atoms with E-state index in [2.05, 4.69) is 5.32 Å². The Kier molecular flexibility index (Phi) is 4.04. The summed E-state index contributed by atoms with van der Waals surface area (Å²) in [4.78, 5) is 13.6. The molecule has 0 unspecified atom stereocenters. The van der Waals surface area contributed by atoms with Crippen LogP contribution >= 0.6 is 23.8 Å². The van der Waals surface area contributed by atoms with Crippen LogP contribution in [0.15, 0.2) is 42.5 Å². The van der Waals surface area contributed by atoms with Crippen molar-refractivity contribution in [2.45, 2.75) is 25.1 Å². The van der Waals surface area contributed by atoms with Crippen molar-refractivity contribution in [1.29, 1.82) is 0 Å². The molecule has 5 nitrogen and oxygen atoms in total. The third-order valence-electron chi connectivity index (χ3n) is 4.80. The molecule has 0 saturated carbocycles. The van der Waals surface area contributed by atoms with Gasteiger partial charge in [-0.15, -0.1) is 0 Å². The van der Waals surface area contributed by atoms with Crippen LogP contribution in [-0.2, 0) is 4.74 Å². The fourth-order valence-corrected chi connectivity index (χ4v) is 4.27. The van der Waals surface area contributed by atoms with Gasteiger partial charge < -0.3 is 14.8 Å². The van der Waals surface area contributed by atoms with E-state index in [4.69, 9.17) is 33.3 Å². The van der Waals surface area contributed by atoms with Gasteiger partial charge in [-0.3, -0.25) is 4.90 Å². The second kappa shape index (κ2) is 6.14. The van der Waals surface area contributed by atoms with Gasteiger partial charge in [0.05, 0.1) is 23.7 Å². The number of methoxy groups -OCH3 is 1. The molecule has 1 saturated heterocycles. The third kappa shape index (κ3) is 2.61. The van der Waals surface area contributed by atoms with Crippen LogP contribution in [-0.4, -0.2) is 23.9 Å². The van der Waals surface area contributed by atoms with E-state index in [0.29, 0.717) is 27.9 Å². The first-order valence-electron chi connectivity index (χ1n) is 8.19. The molecule has 2 atom stereocenters. The van der Waals surface area contributed by atoms with Crippen LogP contribution in [0.4, 0.5) is 5.69 Å². The molecule has 0 aliphatic carbocycles. The van der Waals surface area contributed by atoms with E-state index >= 15 is 0 Å². The van der Waals surface area contributed by atoms with E-state index in [9.17, 15) is 4.79 Å². The first-order valence-corrected chi connectivity index (χ1v) is 8.98. The van der Waals surface area contributed by atoms with Crippen LogP contribution in [0.5, 0.6) is 5.75 Å². The summed E-state index contributed by atoms with van der Waals surface area (Å²) < 4.78 is 11.1. The fraction of sp³-hybridized carbons (Fsp3) is 0.263. The number of carbonyl (C=O) groups excluding carboxylic acids is 1. The second-order valence-electron chi connectivity index (χ2n) is 6.52.